The van der Waals surface area contributed by atoms with Crippen LogP contribution in [-0.2, 0) is 4.79 Å². The molecule has 1 heterocycles. The van der Waals surface area contributed by atoms with Crippen LogP contribution in [0.4, 0.5) is 0 Å². The Morgan fingerprint density at radius 2 is 2.31 bits per heavy atom. The number of pyridine rings is 1. The summed E-state index contributed by atoms with van der Waals surface area (Å²) in [6.07, 6.45) is 1.43. The van der Waals surface area contributed by atoms with Crippen molar-refractivity contribution in [2.75, 3.05) is 13.7 Å². The summed E-state index contributed by atoms with van der Waals surface area (Å²) in [7, 11) is 1.40. The average Bonchev–Trinajstić information content (AvgIpc) is 2.25. The summed E-state index contributed by atoms with van der Waals surface area (Å²) in [5, 5.41) is 10.6. The number of nitrogens with zero attached hydrogens (tertiary/aromatic N) is 1. The number of ether oxygens (including phenoxy) is 1. The van der Waals surface area contributed by atoms with Gasteiger partial charge in [-0.15, -0.1) is 0 Å². The van der Waals surface area contributed by atoms with Crippen molar-refractivity contribution in [1.82, 2.24) is 10.3 Å². The monoisotopic (exact) mass is 288 g/mol. The lowest BCUT2D eigenvalue weighted by Gasteiger charge is -2.07. The van der Waals surface area contributed by atoms with Gasteiger partial charge in [0.25, 0.3) is 5.91 Å². The Morgan fingerprint density at radius 1 is 1.62 bits per heavy atom. The summed E-state index contributed by atoms with van der Waals surface area (Å²) in [6.45, 7) is -0.459. The molecule has 0 saturated carbocycles. The van der Waals surface area contributed by atoms with Crippen molar-refractivity contribution in [1.29, 1.82) is 0 Å². The normalized spacial score (nSPS) is 9.62. The molecule has 1 aromatic rings. The van der Waals surface area contributed by atoms with E-state index in [-0.39, 0.29) is 11.4 Å². The number of carbonyl (C=O) groups excluding carboxylic acids is 1. The van der Waals surface area contributed by atoms with E-state index in [1.165, 1.54) is 13.3 Å². The minimum atomic E-state index is -1.12. The molecule has 86 valence electrons. The number of hydrogen-bond acceptors (Lipinski definition) is 4. The van der Waals surface area contributed by atoms with Crippen molar-refractivity contribution < 1.29 is 19.4 Å². The topological polar surface area (TPSA) is 88.5 Å². The van der Waals surface area contributed by atoms with Crippen LogP contribution in [0.3, 0.4) is 0 Å². The van der Waals surface area contributed by atoms with E-state index in [1.54, 1.807) is 6.07 Å². The smallest absolute Gasteiger partial charge is 0.322 e. The first-order valence-corrected chi connectivity index (χ1v) is 5.03. The zero-order valence-corrected chi connectivity index (χ0v) is 9.94. The molecular formula is C9H9BrN2O4. The largest absolute Gasteiger partial charge is 0.494 e. The lowest BCUT2D eigenvalue weighted by Crippen LogP contribution is -2.30. The second kappa shape index (κ2) is 5.45. The van der Waals surface area contributed by atoms with Crippen LogP contribution in [0.5, 0.6) is 5.75 Å². The lowest BCUT2D eigenvalue weighted by molar-refractivity contribution is -0.135. The second-order valence-electron chi connectivity index (χ2n) is 2.78. The van der Waals surface area contributed by atoms with Gasteiger partial charge in [0.05, 0.1) is 7.11 Å². The van der Waals surface area contributed by atoms with Crippen LogP contribution >= 0.6 is 15.9 Å². The number of halogens is 1. The zero-order chi connectivity index (χ0) is 12.1. The summed E-state index contributed by atoms with van der Waals surface area (Å²) in [6, 6.07) is 1.57. The van der Waals surface area contributed by atoms with Gasteiger partial charge < -0.3 is 15.2 Å². The third kappa shape index (κ3) is 3.20. The predicted molar refractivity (Wildman–Crippen MR) is 58.5 cm³/mol. The summed E-state index contributed by atoms with van der Waals surface area (Å²) in [5.41, 5.74) is 0.0481. The number of amides is 1. The molecular weight excluding hydrogens is 280 g/mol. The van der Waals surface area contributed by atoms with E-state index < -0.39 is 18.4 Å². The minimum absolute atomic E-state index is 0.0481. The fraction of sp³-hybridized carbons (Fsp3) is 0.222. The highest BCUT2D eigenvalue weighted by molar-refractivity contribution is 9.10. The number of aromatic nitrogens is 1. The Hall–Kier alpha value is -1.63. The van der Waals surface area contributed by atoms with Crippen LogP contribution in [0.1, 0.15) is 10.5 Å². The van der Waals surface area contributed by atoms with Gasteiger partial charge in [0.15, 0.2) is 11.4 Å². The molecule has 0 bridgehead atoms. The first-order chi connectivity index (χ1) is 7.54. The summed E-state index contributed by atoms with van der Waals surface area (Å²) in [5.74, 6) is -1.44. The van der Waals surface area contributed by atoms with Crippen molar-refractivity contribution in [2.45, 2.75) is 0 Å². The Bertz CT molecular complexity index is 422. The standard InChI is InChI=1S/C9H9BrN2O4/c1-16-6-2-5(10)3-11-8(6)9(15)12-4-7(13)14/h2-3H,4H2,1H3,(H,12,15)(H,13,14). The Kier molecular flexibility index (Phi) is 4.24. The SMILES string of the molecule is COc1cc(Br)cnc1C(=O)NCC(=O)O. The average molecular weight is 289 g/mol. The van der Waals surface area contributed by atoms with Gasteiger partial charge in [0.1, 0.15) is 6.54 Å². The van der Waals surface area contributed by atoms with Crippen molar-refractivity contribution in [3.8, 4) is 5.75 Å². The number of hydrogen-bond donors (Lipinski definition) is 2. The van der Waals surface area contributed by atoms with Crippen LogP contribution in [0.2, 0.25) is 0 Å². The van der Waals surface area contributed by atoms with Gasteiger partial charge in [0, 0.05) is 10.7 Å². The number of aliphatic carboxylic acids is 1. The van der Waals surface area contributed by atoms with Gasteiger partial charge in [-0.25, -0.2) is 4.98 Å². The summed E-state index contributed by atoms with van der Waals surface area (Å²) < 4.78 is 5.62. The molecule has 1 aromatic heterocycles. The molecule has 0 aliphatic carbocycles. The van der Waals surface area contributed by atoms with E-state index in [0.717, 1.165) is 0 Å². The third-order valence-electron chi connectivity index (χ3n) is 1.65. The molecule has 0 aromatic carbocycles. The fourth-order valence-corrected chi connectivity index (χ4v) is 1.30. The Balaban J connectivity index is 2.86. The molecule has 1 rings (SSSR count). The molecule has 6 nitrogen and oxygen atoms in total. The van der Waals surface area contributed by atoms with E-state index in [0.29, 0.717) is 4.47 Å². The third-order valence-corrected chi connectivity index (χ3v) is 2.09. The van der Waals surface area contributed by atoms with E-state index in [1.807, 2.05) is 0 Å². The quantitative estimate of drug-likeness (QED) is 0.850. The van der Waals surface area contributed by atoms with Gasteiger partial charge in [0.2, 0.25) is 0 Å². The second-order valence-corrected chi connectivity index (χ2v) is 3.70. The van der Waals surface area contributed by atoms with E-state index in [4.69, 9.17) is 9.84 Å². The molecule has 7 heteroatoms. The number of carboxylic acid groups (broad SMARTS) is 1. The number of carboxylic acids is 1. The van der Waals surface area contributed by atoms with Crippen molar-refractivity contribution in [3.05, 3.63) is 22.4 Å². The minimum Gasteiger partial charge on any atom is -0.494 e. The van der Waals surface area contributed by atoms with E-state index >= 15 is 0 Å². The Labute approximate surface area is 99.8 Å². The van der Waals surface area contributed by atoms with E-state index in [9.17, 15) is 9.59 Å². The number of rotatable bonds is 4. The maximum Gasteiger partial charge on any atom is 0.322 e. The van der Waals surface area contributed by atoms with Crippen LogP contribution in [0.25, 0.3) is 0 Å². The maximum atomic E-state index is 11.5. The molecule has 0 aliphatic heterocycles. The molecule has 0 saturated heterocycles. The Morgan fingerprint density at radius 3 is 2.88 bits per heavy atom. The number of nitrogens with one attached hydrogen (secondary N) is 1. The molecule has 1 amide bonds. The summed E-state index contributed by atoms with van der Waals surface area (Å²) >= 11 is 3.18. The van der Waals surface area contributed by atoms with Crippen molar-refractivity contribution in [3.63, 3.8) is 0 Å². The van der Waals surface area contributed by atoms with Crippen LogP contribution in [-0.4, -0.2) is 35.6 Å². The molecule has 0 spiro atoms. The maximum absolute atomic E-state index is 11.5. The highest BCUT2D eigenvalue weighted by atomic mass is 79.9. The van der Waals surface area contributed by atoms with Crippen LogP contribution < -0.4 is 10.1 Å². The highest BCUT2D eigenvalue weighted by Gasteiger charge is 2.14. The number of carbonyl (C=O) groups is 2. The van der Waals surface area contributed by atoms with E-state index in [2.05, 4.69) is 26.2 Å². The molecule has 2 N–H and O–H groups in total. The molecule has 0 aliphatic rings. The van der Waals surface area contributed by atoms with Gasteiger partial charge in [-0.05, 0) is 22.0 Å². The van der Waals surface area contributed by atoms with Gasteiger partial charge in [-0.3, -0.25) is 9.59 Å². The molecule has 16 heavy (non-hydrogen) atoms. The van der Waals surface area contributed by atoms with Crippen molar-refractivity contribution >= 4 is 27.8 Å². The van der Waals surface area contributed by atoms with Gasteiger partial charge >= 0.3 is 5.97 Å². The van der Waals surface area contributed by atoms with Crippen molar-refractivity contribution in [2.24, 2.45) is 0 Å². The number of methoxy groups -OCH3 is 1. The van der Waals surface area contributed by atoms with Gasteiger partial charge in [-0.1, -0.05) is 0 Å². The lowest BCUT2D eigenvalue weighted by atomic mass is 10.3. The predicted octanol–water partition coefficient (Wildman–Crippen LogP) is 0.667. The fourth-order valence-electron chi connectivity index (χ4n) is 0.986. The molecule has 0 atom stereocenters. The van der Waals surface area contributed by atoms with Gasteiger partial charge in [-0.2, -0.15) is 0 Å². The van der Waals surface area contributed by atoms with Crippen LogP contribution in [0, 0.1) is 0 Å². The summed E-state index contributed by atoms with van der Waals surface area (Å²) in [4.78, 5) is 25.6. The first-order valence-electron chi connectivity index (χ1n) is 4.24. The molecule has 0 unspecified atom stereocenters. The zero-order valence-electron chi connectivity index (χ0n) is 8.36. The van der Waals surface area contributed by atoms with Crippen LogP contribution in [0.15, 0.2) is 16.7 Å². The first kappa shape index (κ1) is 12.4. The molecule has 0 radical (unpaired) electrons. The highest BCUT2D eigenvalue weighted by Crippen LogP contribution is 2.20. The molecule has 0 fully saturated rings.